The first-order valence-corrected chi connectivity index (χ1v) is 3.37. The lowest BCUT2D eigenvalue weighted by Crippen LogP contribution is -2.21. The predicted octanol–water partition coefficient (Wildman–Crippen LogP) is -0.370. The van der Waals surface area contributed by atoms with Crippen molar-refractivity contribution in [2.45, 2.75) is 0 Å². The van der Waals surface area contributed by atoms with Crippen LogP contribution in [0.3, 0.4) is 0 Å². The zero-order valence-electron chi connectivity index (χ0n) is 5.11. The second-order valence-corrected chi connectivity index (χ2v) is 2.43. The van der Waals surface area contributed by atoms with Crippen LogP contribution in [0.25, 0.3) is 0 Å². The molecule has 0 bridgehead atoms. The van der Waals surface area contributed by atoms with Gasteiger partial charge >= 0.3 is 0 Å². The molecule has 0 unspecified atom stereocenters. The van der Waals surface area contributed by atoms with Gasteiger partial charge in [0.1, 0.15) is 5.82 Å². The van der Waals surface area contributed by atoms with Gasteiger partial charge in [-0.25, -0.2) is 4.98 Å². The number of nitrogens with zero attached hydrogens (tertiary/aromatic N) is 2. The molecule has 0 radical (unpaired) electrons. The highest BCUT2D eigenvalue weighted by Crippen LogP contribution is 2.18. The van der Waals surface area contributed by atoms with E-state index in [4.69, 9.17) is 17.2 Å². The largest absolute Gasteiger partial charge is 0.383 e. The van der Waals surface area contributed by atoms with E-state index in [1.54, 1.807) is 5.38 Å². The lowest BCUT2D eigenvalue weighted by molar-refractivity contribution is 1.33. The van der Waals surface area contributed by atoms with Crippen molar-refractivity contribution in [1.82, 2.24) is 4.98 Å². The first kappa shape index (κ1) is 6.81. The van der Waals surface area contributed by atoms with Gasteiger partial charge in [0.15, 0.2) is 5.96 Å². The van der Waals surface area contributed by atoms with Crippen molar-refractivity contribution in [1.29, 1.82) is 0 Å². The van der Waals surface area contributed by atoms with Gasteiger partial charge in [-0.2, -0.15) is 4.99 Å². The summed E-state index contributed by atoms with van der Waals surface area (Å²) >= 11 is 1.29. The van der Waals surface area contributed by atoms with Crippen molar-refractivity contribution in [2.75, 3.05) is 5.73 Å². The molecule has 54 valence electrons. The van der Waals surface area contributed by atoms with Gasteiger partial charge in [-0.15, -0.1) is 11.3 Å². The molecule has 1 aromatic heterocycles. The molecular weight excluding hydrogens is 150 g/mol. The number of hydrogen-bond donors (Lipinski definition) is 3. The lowest BCUT2D eigenvalue weighted by Gasteiger charge is -1.84. The summed E-state index contributed by atoms with van der Waals surface area (Å²) in [7, 11) is 0. The summed E-state index contributed by atoms with van der Waals surface area (Å²) in [5, 5.41) is 2.15. The molecule has 0 atom stereocenters. The van der Waals surface area contributed by atoms with Crippen LogP contribution in [0, 0.1) is 0 Å². The van der Waals surface area contributed by atoms with E-state index in [-0.39, 0.29) is 5.96 Å². The Bertz CT molecular complexity index is 248. The number of guanidine groups is 1. The Morgan fingerprint density at radius 3 is 2.70 bits per heavy atom. The first-order chi connectivity index (χ1) is 4.68. The number of anilines is 1. The molecule has 0 aliphatic carbocycles. The number of rotatable bonds is 1. The Morgan fingerprint density at radius 1 is 1.60 bits per heavy atom. The normalized spacial score (nSPS) is 9.20. The van der Waals surface area contributed by atoms with Gasteiger partial charge in [0.2, 0.25) is 5.13 Å². The first-order valence-electron chi connectivity index (χ1n) is 2.49. The van der Waals surface area contributed by atoms with Gasteiger partial charge in [0.05, 0.1) is 0 Å². The van der Waals surface area contributed by atoms with Crippen molar-refractivity contribution in [2.24, 2.45) is 16.5 Å². The molecule has 6 heteroatoms. The topological polar surface area (TPSA) is 103 Å². The van der Waals surface area contributed by atoms with Crippen molar-refractivity contribution in [3.05, 3.63) is 5.38 Å². The molecule has 5 nitrogen and oxygen atoms in total. The minimum absolute atomic E-state index is 0.00523. The highest BCUT2D eigenvalue weighted by Gasteiger charge is 1.94. The molecule has 1 heterocycles. The van der Waals surface area contributed by atoms with Crippen molar-refractivity contribution in [3.63, 3.8) is 0 Å². The van der Waals surface area contributed by atoms with Crippen molar-refractivity contribution >= 4 is 28.2 Å². The van der Waals surface area contributed by atoms with Gasteiger partial charge in [0, 0.05) is 5.38 Å². The molecule has 0 saturated carbocycles. The standard InChI is InChI=1S/C4H7N5S/c5-2-1-10-4(8-2)9-3(6)7/h1H,5H2,(H4,6,7,8,9). The van der Waals surface area contributed by atoms with E-state index in [1.807, 2.05) is 0 Å². The van der Waals surface area contributed by atoms with Crippen LogP contribution in [0.4, 0.5) is 10.9 Å². The van der Waals surface area contributed by atoms with Crippen LogP contribution in [-0.4, -0.2) is 10.9 Å². The minimum Gasteiger partial charge on any atom is -0.383 e. The number of aromatic nitrogens is 1. The Kier molecular flexibility index (Phi) is 1.72. The van der Waals surface area contributed by atoms with Crippen molar-refractivity contribution in [3.8, 4) is 0 Å². The second-order valence-electron chi connectivity index (χ2n) is 1.59. The average Bonchev–Trinajstić information content (AvgIpc) is 2.13. The Labute approximate surface area is 61.6 Å². The summed E-state index contributed by atoms with van der Waals surface area (Å²) in [5.41, 5.74) is 15.5. The number of nitrogens with two attached hydrogens (primary N) is 3. The summed E-state index contributed by atoms with van der Waals surface area (Å²) < 4.78 is 0. The summed E-state index contributed by atoms with van der Waals surface area (Å²) in [5.74, 6) is 0.430. The highest BCUT2D eigenvalue weighted by molar-refractivity contribution is 7.13. The fourth-order valence-corrected chi connectivity index (χ4v) is 1.03. The number of hydrogen-bond acceptors (Lipinski definition) is 4. The molecule has 0 amide bonds. The summed E-state index contributed by atoms with van der Waals surface area (Å²) in [4.78, 5) is 7.48. The summed E-state index contributed by atoms with van der Waals surface area (Å²) in [6.45, 7) is 0. The van der Waals surface area contributed by atoms with Crippen LogP contribution in [0.5, 0.6) is 0 Å². The molecule has 6 N–H and O–H groups in total. The molecule has 10 heavy (non-hydrogen) atoms. The van der Waals surface area contributed by atoms with E-state index in [0.717, 1.165) is 0 Å². The Morgan fingerprint density at radius 2 is 2.30 bits per heavy atom. The van der Waals surface area contributed by atoms with E-state index in [0.29, 0.717) is 10.9 Å². The monoisotopic (exact) mass is 157 g/mol. The third-order valence-electron chi connectivity index (χ3n) is 0.735. The predicted molar refractivity (Wildman–Crippen MR) is 42.0 cm³/mol. The maximum Gasteiger partial charge on any atom is 0.214 e. The fraction of sp³-hybridized carbons (Fsp3) is 0. The van der Waals surface area contributed by atoms with Gasteiger partial charge in [0.25, 0.3) is 0 Å². The van der Waals surface area contributed by atoms with E-state index in [1.165, 1.54) is 11.3 Å². The number of thiazole rings is 1. The van der Waals surface area contributed by atoms with E-state index < -0.39 is 0 Å². The van der Waals surface area contributed by atoms with Crippen molar-refractivity contribution < 1.29 is 0 Å². The van der Waals surface area contributed by atoms with Crippen LogP contribution in [0.2, 0.25) is 0 Å². The van der Waals surface area contributed by atoms with Gasteiger partial charge in [-0.3, -0.25) is 0 Å². The quantitative estimate of drug-likeness (QED) is 0.382. The van der Waals surface area contributed by atoms with Crippen LogP contribution >= 0.6 is 11.3 Å². The van der Waals surface area contributed by atoms with E-state index in [9.17, 15) is 0 Å². The molecule has 0 spiro atoms. The van der Waals surface area contributed by atoms with Gasteiger partial charge in [-0.1, -0.05) is 0 Å². The molecule has 0 aliphatic heterocycles. The highest BCUT2D eigenvalue weighted by atomic mass is 32.1. The molecule has 0 aliphatic rings. The van der Waals surface area contributed by atoms with Crippen LogP contribution in [0.1, 0.15) is 0 Å². The Hall–Kier alpha value is -1.30. The van der Waals surface area contributed by atoms with Gasteiger partial charge in [-0.05, 0) is 0 Å². The minimum atomic E-state index is -0.00523. The molecule has 1 rings (SSSR count). The maximum absolute atomic E-state index is 5.30. The number of aliphatic imine (C=N–C) groups is 1. The second kappa shape index (κ2) is 2.53. The smallest absolute Gasteiger partial charge is 0.214 e. The third kappa shape index (κ3) is 1.59. The zero-order chi connectivity index (χ0) is 7.56. The van der Waals surface area contributed by atoms with Gasteiger partial charge < -0.3 is 17.2 Å². The lowest BCUT2D eigenvalue weighted by atomic mass is 10.8. The van der Waals surface area contributed by atoms with E-state index >= 15 is 0 Å². The van der Waals surface area contributed by atoms with Crippen LogP contribution < -0.4 is 17.2 Å². The van der Waals surface area contributed by atoms with Crippen LogP contribution in [0.15, 0.2) is 10.4 Å². The molecule has 1 aromatic rings. The summed E-state index contributed by atoms with van der Waals surface area (Å²) in [6.07, 6.45) is 0. The fourth-order valence-electron chi connectivity index (χ4n) is 0.438. The van der Waals surface area contributed by atoms with Crippen LogP contribution in [-0.2, 0) is 0 Å². The Balaban J connectivity index is 2.86. The molecule has 0 aromatic carbocycles. The third-order valence-corrected chi connectivity index (χ3v) is 1.49. The van der Waals surface area contributed by atoms with E-state index in [2.05, 4.69) is 9.98 Å². The molecule has 0 fully saturated rings. The zero-order valence-corrected chi connectivity index (χ0v) is 5.93. The number of nitrogen functional groups attached to an aromatic ring is 1. The molecule has 0 saturated heterocycles. The maximum atomic E-state index is 5.30. The SMILES string of the molecule is NC(N)=Nc1nc(N)cs1. The summed E-state index contributed by atoms with van der Waals surface area (Å²) in [6, 6.07) is 0. The molecular formula is C4H7N5S. The average molecular weight is 157 g/mol.